The highest BCUT2D eigenvalue weighted by Gasteiger charge is 2.15. The minimum Gasteiger partial charge on any atom is -0.411 e. The van der Waals surface area contributed by atoms with Gasteiger partial charge in [0.1, 0.15) is 0 Å². The van der Waals surface area contributed by atoms with Crippen LogP contribution in [0.3, 0.4) is 0 Å². The molecule has 0 fully saturated rings. The molecule has 5 nitrogen and oxygen atoms in total. The van der Waals surface area contributed by atoms with Gasteiger partial charge in [-0.05, 0) is 35.7 Å². The fraction of sp³-hybridized carbons (Fsp3) is 0.263. The molecule has 0 saturated heterocycles. The summed E-state index contributed by atoms with van der Waals surface area (Å²) in [5.74, 6) is 1.27. The number of benzene rings is 2. The van der Waals surface area contributed by atoms with Gasteiger partial charge in [0.05, 0.1) is 10.6 Å². The number of nitrogens with zero attached hydrogens (tertiary/aromatic N) is 2. The van der Waals surface area contributed by atoms with Crippen LogP contribution in [-0.2, 0) is 9.84 Å². The molecule has 0 N–H and O–H groups in total. The van der Waals surface area contributed by atoms with Gasteiger partial charge in [0, 0.05) is 11.3 Å². The normalized spacial score (nSPS) is 11.8. The fourth-order valence-electron chi connectivity index (χ4n) is 2.38. The van der Waals surface area contributed by atoms with Gasteiger partial charge in [-0.15, -0.1) is 10.2 Å². The van der Waals surface area contributed by atoms with Crippen LogP contribution in [0.4, 0.5) is 0 Å². The van der Waals surface area contributed by atoms with Crippen LogP contribution in [-0.4, -0.2) is 30.1 Å². The molecule has 0 aliphatic carbocycles. The Hall–Kier alpha value is -2.12. The molecule has 3 aromatic rings. The number of sulfone groups is 1. The van der Waals surface area contributed by atoms with Crippen LogP contribution >= 0.6 is 11.8 Å². The van der Waals surface area contributed by atoms with Gasteiger partial charge >= 0.3 is 0 Å². The minimum absolute atomic E-state index is 0.0163. The highest BCUT2D eigenvalue weighted by atomic mass is 32.2. The molecule has 0 aliphatic heterocycles. The van der Waals surface area contributed by atoms with Gasteiger partial charge in [-0.3, -0.25) is 0 Å². The molecule has 0 bridgehead atoms. The molecule has 1 heterocycles. The summed E-state index contributed by atoms with van der Waals surface area (Å²) in [6.45, 7) is 4.28. The fourth-order valence-corrected chi connectivity index (χ4v) is 4.81. The van der Waals surface area contributed by atoms with Gasteiger partial charge in [-0.2, -0.15) is 0 Å². The molecule has 0 radical (unpaired) electrons. The maximum atomic E-state index is 12.3. The number of hydrogen-bond acceptors (Lipinski definition) is 6. The van der Waals surface area contributed by atoms with Crippen molar-refractivity contribution in [3.63, 3.8) is 0 Å². The van der Waals surface area contributed by atoms with E-state index in [4.69, 9.17) is 4.42 Å². The molecule has 3 rings (SSSR count). The molecule has 136 valence electrons. The first-order chi connectivity index (χ1) is 12.5. The number of aromatic nitrogens is 2. The van der Waals surface area contributed by atoms with Crippen LogP contribution < -0.4 is 0 Å². The highest BCUT2D eigenvalue weighted by Crippen LogP contribution is 2.25. The van der Waals surface area contributed by atoms with Gasteiger partial charge in [-0.25, -0.2) is 8.42 Å². The standard InChI is InChI=1S/C19H20N2O3S2/c1-14(2)15-8-10-16(11-9-15)18-20-21-19(24-18)25-12-13-26(22,23)17-6-4-3-5-7-17/h3-11,14H,12-13H2,1-2H3. The topological polar surface area (TPSA) is 73.1 Å². The van der Waals surface area contributed by atoms with Crippen molar-refractivity contribution in [1.29, 1.82) is 0 Å². The lowest BCUT2D eigenvalue weighted by Gasteiger charge is -2.04. The van der Waals surface area contributed by atoms with Crippen molar-refractivity contribution in [2.45, 2.75) is 29.9 Å². The molecule has 0 saturated carbocycles. The van der Waals surface area contributed by atoms with Gasteiger partial charge in [0.2, 0.25) is 5.89 Å². The lowest BCUT2D eigenvalue weighted by atomic mass is 10.0. The summed E-state index contributed by atoms with van der Waals surface area (Å²) in [7, 11) is -3.30. The molecule has 0 atom stereocenters. The highest BCUT2D eigenvalue weighted by molar-refractivity contribution is 8.00. The molecule has 0 aliphatic rings. The quantitative estimate of drug-likeness (QED) is 0.558. The number of hydrogen-bond donors (Lipinski definition) is 0. The predicted molar refractivity (Wildman–Crippen MR) is 103 cm³/mol. The van der Waals surface area contributed by atoms with Crippen molar-refractivity contribution in [2.75, 3.05) is 11.5 Å². The number of rotatable bonds is 7. The summed E-state index contributed by atoms with van der Waals surface area (Å²) >= 11 is 1.25. The van der Waals surface area contributed by atoms with E-state index in [1.54, 1.807) is 30.3 Å². The van der Waals surface area contributed by atoms with Crippen molar-refractivity contribution in [1.82, 2.24) is 10.2 Å². The average Bonchev–Trinajstić information content (AvgIpc) is 3.11. The second kappa shape index (κ2) is 8.05. The monoisotopic (exact) mass is 388 g/mol. The third kappa shape index (κ3) is 4.53. The van der Waals surface area contributed by atoms with Gasteiger partial charge in [-0.1, -0.05) is 55.9 Å². The molecular formula is C19H20N2O3S2. The molecule has 1 aromatic heterocycles. The lowest BCUT2D eigenvalue weighted by molar-refractivity contribution is 0.466. The van der Waals surface area contributed by atoms with E-state index in [1.807, 2.05) is 24.3 Å². The van der Waals surface area contributed by atoms with Gasteiger partial charge in [0.15, 0.2) is 9.84 Å². The molecule has 0 unspecified atom stereocenters. The molecule has 0 spiro atoms. The summed E-state index contributed by atoms with van der Waals surface area (Å²) in [4.78, 5) is 0.331. The molecule has 7 heteroatoms. The first-order valence-electron chi connectivity index (χ1n) is 8.30. The SMILES string of the molecule is CC(C)c1ccc(-c2nnc(SCCS(=O)(=O)c3ccccc3)o2)cc1. The maximum absolute atomic E-state index is 12.3. The Kier molecular flexibility index (Phi) is 5.78. The van der Waals surface area contributed by atoms with Gasteiger partial charge < -0.3 is 4.42 Å². The summed E-state index contributed by atoms with van der Waals surface area (Å²) in [6.07, 6.45) is 0. The third-order valence-electron chi connectivity index (χ3n) is 3.91. The van der Waals surface area contributed by atoms with Crippen molar-refractivity contribution >= 4 is 21.6 Å². The van der Waals surface area contributed by atoms with Gasteiger partial charge in [0.25, 0.3) is 5.22 Å². The Morgan fingerprint density at radius 2 is 1.69 bits per heavy atom. The average molecular weight is 389 g/mol. The van der Waals surface area contributed by atoms with E-state index >= 15 is 0 Å². The lowest BCUT2D eigenvalue weighted by Crippen LogP contribution is -2.08. The Morgan fingerprint density at radius 1 is 1.00 bits per heavy atom. The largest absolute Gasteiger partial charge is 0.411 e. The van der Waals surface area contributed by atoms with Crippen LogP contribution in [0.15, 0.2) is 69.1 Å². The molecular weight excluding hydrogens is 368 g/mol. The number of thioether (sulfide) groups is 1. The van der Waals surface area contributed by atoms with E-state index < -0.39 is 9.84 Å². The summed E-state index contributed by atoms with van der Waals surface area (Å²) < 4.78 is 30.1. The molecule has 2 aromatic carbocycles. The van der Waals surface area contributed by atoms with Crippen molar-refractivity contribution in [3.8, 4) is 11.5 Å². The Balaban J connectivity index is 1.60. The third-order valence-corrected chi connectivity index (χ3v) is 6.72. The second-order valence-corrected chi connectivity index (χ2v) is 9.29. The van der Waals surface area contributed by atoms with E-state index in [1.165, 1.54) is 17.3 Å². The second-order valence-electron chi connectivity index (χ2n) is 6.13. The smallest absolute Gasteiger partial charge is 0.276 e. The van der Waals surface area contributed by atoms with Crippen LogP contribution in [0.25, 0.3) is 11.5 Å². The van der Waals surface area contributed by atoms with Crippen LogP contribution in [0.1, 0.15) is 25.3 Å². The van der Waals surface area contributed by atoms with E-state index in [2.05, 4.69) is 24.0 Å². The predicted octanol–water partition coefficient (Wildman–Crippen LogP) is 4.43. The van der Waals surface area contributed by atoms with Crippen molar-refractivity contribution in [3.05, 3.63) is 60.2 Å². The zero-order chi connectivity index (χ0) is 18.6. The molecule has 26 heavy (non-hydrogen) atoms. The maximum Gasteiger partial charge on any atom is 0.276 e. The van der Waals surface area contributed by atoms with E-state index in [-0.39, 0.29) is 5.75 Å². The first-order valence-corrected chi connectivity index (χ1v) is 10.9. The Labute approximate surface area is 157 Å². The van der Waals surface area contributed by atoms with Crippen LogP contribution in [0, 0.1) is 0 Å². The molecule has 0 amide bonds. The van der Waals surface area contributed by atoms with E-state index in [0.717, 1.165) is 5.56 Å². The zero-order valence-electron chi connectivity index (χ0n) is 14.6. The summed E-state index contributed by atoms with van der Waals surface area (Å²) in [6, 6.07) is 16.4. The van der Waals surface area contributed by atoms with E-state index in [9.17, 15) is 8.42 Å². The summed E-state index contributed by atoms with van der Waals surface area (Å²) in [5, 5.41) is 8.41. The van der Waals surface area contributed by atoms with E-state index in [0.29, 0.717) is 27.7 Å². The first kappa shape index (κ1) is 18.7. The zero-order valence-corrected chi connectivity index (χ0v) is 16.3. The Morgan fingerprint density at radius 3 is 2.35 bits per heavy atom. The minimum atomic E-state index is -3.30. The van der Waals surface area contributed by atoms with Crippen molar-refractivity contribution in [2.24, 2.45) is 0 Å². The summed E-state index contributed by atoms with van der Waals surface area (Å²) in [5.41, 5.74) is 2.10. The van der Waals surface area contributed by atoms with Crippen molar-refractivity contribution < 1.29 is 12.8 Å². The van der Waals surface area contributed by atoms with Crippen LogP contribution in [0.2, 0.25) is 0 Å². The van der Waals surface area contributed by atoms with Crippen LogP contribution in [0.5, 0.6) is 0 Å². The Bertz CT molecular complexity index is 950.